The number of carbonyl (C=O) groups is 1. The van der Waals surface area contributed by atoms with E-state index in [1.54, 1.807) is 11.0 Å². The van der Waals surface area contributed by atoms with Gasteiger partial charge in [0.15, 0.2) is 5.43 Å². The minimum Gasteiger partial charge on any atom is -0.490 e. The number of aryl methyl sites for hydroxylation is 3. The standard InChI is InChI=1S/C30H27NO4/c1-5-13-34-23-8-6-7-22(16-23)27-26-28(32)25-20(4)14-19(3)15-24(25)35-29(26)30(33)31(27)17-21-11-9-18(2)10-12-21/h5-12,14-16,27H,1,13,17H2,2-4H3. The fourth-order valence-electron chi connectivity index (χ4n) is 4.84. The Labute approximate surface area is 204 Å². The van der Waals surface area contributed by atoms with Crippen molar-refractivity contribution in [3.63, 3.8) is 0 Å². The second-order valence-corrected chi connectivity index (χ2v) is 9.12. The predicted molar refractivity (Wildman–Crippen MR) is 137 cm³/mol. The Balaban J connectivity index is 1.71. The lowest BCUT2D eigenvalue weighted by molar-refractivity contribution is 0.0714. The molecule has 1 atom stereocenters. The third-order valence-electron chi connectivity index (χ3n) is 6.43. The zero-order valence-corrected chi connectivity index (χ0v) is 20.1. The van der Waals surface area contributed by atoms with Crippen LogP contribution in [0.2, 0.25) is 0 Å². The molecule has 1 amide bonds. The van der Waals surface area contributed by atoms with E-state index in [4.69, 9.17) is 9.15 Å². The van der Waals surface area contributed by atoms with Crippen LogP contribution in [0.15, 0.2) is 82.5 Å². The molecule has 4 aromatic rings. The molecule has 0 N–H and O–H groups in total. The number of nitrogens with zero attached hydrogens (tertiary/aromatic N) is 1. The molecule has 35 heavy (non-hydrogen) atoms. The minimum absolute atomic E-state index is 0.113. The van der Waals surface area contributed by atoms with E-state index in [0.29, 0.717) is 35.4 Å². The van der Waals surface area contributed by atoms with Crippen molar-refractivity contribution in [1.29, 1.82) is 0 Å². The van der Waals surface area contributed by atoms with Crippen LogP contribution in [0.25, 0.3) is 11.0 Å². The molecule has 0 fully saturated rings. The maximum absolute atomic E-state index is 13.9. The topological polar surface area (TPSA) is 59.8 Å². The first-order valence-corrected chi connectivity index (χ1v) is 11.7. The maximum Gasteiger partial charge on any atom is 0.291 e. The highest BCUT2D eigenvalue weighted by molar-refractivity contribution is 5.99. The summed E-state index contributed by atoms with van der Waals surface area (Å²) in [5.74, 6) is 0.471. The average molecular weight is 466 g/mol. The molecular formula is C30H27NO4. The third-order valence-corrected chi connectivity index (χ3v) is 6.43. The van der Waals surface area contributed by atoms with Crippen molar-refractivity contribution in [3.05, 3.63) is 123 Å². The fourth-order valence-corrected chi connectivity index (χ4v) is 4.84. The molecule has 0 saturated carbocycles. The van der Waals surface area contributed by atoms with Gasteiger partial charge >= 0.3 is 0 Å². The smallest absolute Gasteiger partial charge is 0.291 e. The largest absolute Gasteiger partial charge is 0.490 e. The van der Waals surface area contributed by atoms with Gasteiger partial charge < -0.3 is 14.1 Å². The Morgan fingerprint density at radius 1 is 1.00 bits per heavy atom. The molecular weight excluding hydrogens is 438 g/mol. The number of hydrogen-bond donors (Lipinski definition) is 0. The number of amides is 1. The van der Waals surface area contributed by atoms with Gasteiger partial charge in [0.05, 0.1) is 17.0 Å². The van der Waals surface area contributed by atoms with Crippen LogP contribution in [-0.2, 0) is 6.54 Å². The van der Waals surface area contributed by atoms with E-state index in [1.807, 2.05) is 81.4 Å². The van der Waals surface area contributed by atoms with E-state index in [-0.39, 0.29) is 17.1 Å². The summed E-state index contributed by atoms with van der Waals surface area (Å²) in [5, 5.41) is 0.517. The first-order chi connectivity index (χ1) is 16.9. The van der Waals surface area contributed by atoms with Crippen molar-refractivity contribution in [2.45, 2.75) is 33.4 Å². The highest BCUT2D eigenvalue weighted by Gasteiger charge is 2.43. The van der Waals surface area contributed by atoms with E-state index >= 15 is 0 Å². The summed E-state index contributed by atoms with van der Waals surface area (Å²) in [6.45, 7) is 10.3. The van der Waals surface area contributed by atoms with Crippen LogP contribution in [0.1, 0.15) is 50.0 Å². The van der Waals surface area contributed by atoms with Gasteiger partial charge in [-0.2, -0.15) is 0 Å². The second-order valence-electron chi connectivity index (χ2n) is 9.12. The second kappa shape index (κ2) is 8.91. The highest BCUT2D eigenvalue weighted by Crippen LogP contribution is 2.40. The lowest BCUT2D eigenvalue weighted by Crippen LogP contribution is -2.29. The number of ether oxygens (including phenoxy) is 1. The Kier molecular flexibility index (Phi) is 5.77. The van der Waals surface area contributed by atoms with Gasteiger partial charge in [-0.1, -0.05) is 60.7 Å². The van der Waals surface area contributed by atoms with Gasteiger partial charge in [0.2, 0.25) is 5.76 Å². The summed E-state index contributed by atoms with van der Waals surface area (Å²) in [5.41, 5.74) is 5.38. The molecule has 0 bridgehead atoms. The van der Waals surface area contributed by atoms with E-state index in [9.17, 15) is 9.59 Å². The van der Waals surface area contributed by atoms with Crippen LogP contribution in [0, 0.1) is 20.8 Å². The van der Waals surface area contributed by atoms with E-state index in [0.717, 1.165) is 27.8 Å². The van der Waals surface area contributed by atoms with Crippen LogP contribution in [0.3, 0.4) is 0 Å². The Morgan fingerprint density at radius 3 is 2.51 bits per heavy atom. The van der Waals surface area contributed by atoms with Gasteiger partial charge in [-0.05, 0) is 61.2 Å². The van der Waals surface area contributed by atoms with Gasteiger partial charge in [-0.15, -0.1) is 0 Å². The van der Waals surface area contributed by atoms with Crippen LogP contribution in [0.4, 0.5) is 0 Å². The van der Waals surface area contributed by atoms with Crippen molar-refractivity contribution in [1.82, 2.24) is 4.90 Å². The number of hydrogen-bond acceptors (Lipinski definition) is 4. The summed E-state index contributed by atoms with van der Waals surface area (Å²) in [4.78, 5) is 29.3. The van der Waals surface area contributed by atoms with Gasteiger partial charge in [-0.25, -0.2) is 0 Å². The summed E-state index contributed by atoms with van der Waals surface area (Å²) in [7, 11) is 0. The summed E-state index contributed by atoms with van der Waals surface area (Å²) < 4.78 is 11.9. The summed E-state index contributed by atoms with van der Waals surface area (Å²) in [6.07, 6.45) is 1.68. The van der Waals surface area contributed by atoms with E-state index in [2.05, 4.69) is 6.58 Å². The molecule has 0 aliphatic carbocycles. The molecule has 5 heteroatoms. The molecule has 0 radical (unpaired) electrons. The van der Waals surface area contributed by atoms with Crippen LogP contribution < -0.4 is 10.2 Å². The lowest BCUT2D eigenvalue weighted by atomic mass is 9.96. The molecule has 1 unspecified atom stereocenters. The molecule has 5 rings (SSSR count). The van der Waals surface area contributed by atoms with Crippen LogP contribution in [-0.4, -0.2) is 17.4 Å². The van der Waals surface area contributed by atoms with E-state index in [1.165, 1.54) is 0 Å². The zero-order valence-electron chi connectivity index (χ0n) is 20.1. The van der Waals surface area contributed by atoms with Gasteiger partial charge in [-0.3, -0.25) is 9.59 Å². The third kappa shape index (κ3) is 4.03. The number of carbonyl (C=O) groups excluding carboxylic acids is 1. The molecule has 5 nitrogen and oxygen atoms in total. The number of fused-ring (bicyclic) bond motifs is 2. The quantitative estimate of drug-likeness (QED) is 0.326. The average Bonchev–Trinajstić information content (AvgIpc) is 3.10. The predicted octanol–water partition coefficient (Wildman–Crippen LogP) is 6.03. The van der Waals surface area contributed by atoms with Gasteiger partial charge in [0.25, 0.3) is 5.91 Å². The Hall–Kier alpha value is -4.12. The first-order valence-electron chi connectivity index (χ1n) is 11.7. The highest BCUT2D eigenvalue weighted by atomic mass is 16.5. The normalized spacial score (nSPS) is 14.9. The van der Waals surface area contributed by atoms with Crippen molar-refractivity contribution >= 4 is 16.9 Å². The lowest BCUT2D eigenvalue weighted by Gasteiger charge is -2.25. The zero-order chi connectivity index (χ0) is 24.7. The fraction of sp³-hybridized carbons (Fsp3) is 0.200. The molecule has 2 heterocycles. The van der Waals surface area contributed by atoms with Crippen LogP contribution >= 0.6 is 0 Å². The molecule has 3 aromatic carbocycles. The Bertz CT molecular complexity index is 1510. The van der Waals surface area contributed by atoms with Gasteiger partial charge in [0, 0.05) is 6.54 Å². The SMILES string of the molecule is C=CCOc1cccc(C2c3c(oc4cc(C)cc(C)c4c3=O)C(=O)N2Cc2ccc(C)cc2)c1. The summed E-state index contributed by atoms with van der Waals surface area (Å²) in [6, 6.07) is 18.8. The molecule has 1 aliphatic heterocycles. The summed E-state index contributed by atoms with van der Waals surface area (Å²) >= 11 is 0. The van der Waals surface area contributed by atoms with Crippen molar-refractivity contribution in [2.75, 3.05) is 6.61 Å². The molecule has 0 spiro atoms. The van der Waals surface area contributed by atoms with Crippen molar-refractivity contribution < 1.29 is 13.9 Å². The van der Waals surface area contributed by atoms with Gasteiger partial charge in [0.1, 0.15) is 17.9 Å². The number of rotatable bonds is 6. The van der Waals surface area contributed by atoms with E-state index < -0.39 is 6.04 Å². The van der Waals surface area contributed by atoms with Crippen molar-refractivity contribution in [3.8, 4) is 5.75 Å². The van der Waals surface area contributed by atoms with Crippen LogP contribution in [0.5, 0.6) is 5.75 Å². The number of benzene rings is 3. The first kappa shape index (κ1) is 22.7. The molecule has 1 aromatic heterocycles. The molecule has 1 aliphatic rings. The minimum atomic E-state index is -0.590. The maximum atomic E-state index is 13.9. The molecule has 0 saturated heterocycles. The monoisotopic (exact) mass is 465 g/mol. The van der Waals surface area contributed by atoms with Crippen molar-refractivity contribution in [2.24, 2.45) is 0 Å². The molecule has 176 valence electrons. The Morgan fingerprint density at radius 2 is 1.77 bits per heavy atom.